The fourth-order valence-electron chi connectivity index (χ4n) is 3.46. The molecule has 1 atom stereocenters. The SMILES string of the molecule is CCC(Sc1cccc(NC(=O)Cc2ccccc2)c1)C(=O)Nc1ccc2c(c1)OCCO2. The highest BCUT2D eigenvalue weighted by Crippen LogP contribution is 2.33. The van der Waals surface area contributed by atoms with Crippen molar-refractivity contribution in [2.75, 3.05) is 23.8 Å². The van der Waals surface area contributed by atoms with Gasteiger partial charge in [0.2, 0.25) is 11.8 Å². The average molecular weight is 463 g/mol. The minimum absolute atomic E-state index is 0.0771. The van der Waals surface area contributed by atoms with Crippen LogP contribution in [0.15, 0.2) is 77.7 Å². The highest BCUT2D eigenvalue weighted by molar-refractivity contribution is 8.00. The molecule has 1 heterocycles. The van der Waals surface area contributed by atoms with Crippen molar-refractivity contribution in [1.82, 2.24) is 0 Å². The number of rotatable bonds is 8. The van der Waals surface area contributed by atoms with Crippen molar-refractivity contribution >= 4 is 35.0 Å². The molecular weight excluding hydrogens is 436 g/mol. The van der Waals surface area contributed by atoms with Crippen molar-refractivity contribution in [2.24, 2.45) is 0 Å². The van der Waals surface area contributed by atoms with Crippen LogP contribution in [0.1, 0.15) is 18.9 Å². The lowest BCUT2D eigenvalue weighted by Gasteiger charge is -2.20. The van der Waals surface area contributed by atoms with Crippen LogP contribution in [0.3, 0.4) is 0 Å². The number of carbonyl (C=O) groups excluding carboxylic acids is 2. The zero-order valence-corrected chi connectivity index (χ0v) is 19.2. The third-order valence-corrected chi connectivity index (χ3v) is 6.43. The molecule has 3 aromatic rings. The van der Waals surface area contributed by atoms with Gasteiger partial charge in [-0.15, -0.1) is 11.8 Å². The third-order valence-electron chi connectivity index (χ3n) is 5.08. The molecule has 0 fully saturated rings. The van der Waals surface area contributed by atoms with Crippen LogP contribution >= 0.6 is 11.8 Å². The second-order valence-corrected chi connectivity index (χ2v) is 8.88. The molecule has 2 N–H and O–H groups in total. The lowest BCUT2D eigenvalue weighted by Crippen LogP contribution is -2.24. The summed E-state index contributed by atoms with van der Waals surface area (Å²) < 4.78 is 11.1. The molecule has 4 rings (SSSR count). The van der Waals surface area contributed by atoms with E-state index in [0.29, 0.717) is 48.9 Å². The van der Waals surface area contributed by atoms with Gasteiger partial charge in [-0.3, -0.25) is 9.59 Å². The van der Waals surface area contributed by atoms with Crippen LogP contribution in [0, 0.1) is 0 Å². The van der Waals surface area contributed by atoms with Crippen LogP contribution in [0.2, 0.25) is 0 Å². The van der Waals surface area contributed by atoms with Crippen LogP contribution in [0.5, 0.6) is 11.5 Å². The number of thioether (sulfide) groups is 1. The lowest BCUT2D eigenvalue weighted by atomic mass is 10.1. The summed E-state index contributed by atoms with van der Waals surface area (Å²) in [5.41, 5.74) is 2.34. The second-order valence-electron chi connectivity index (χ2n) is 7.60. The summed E-state index contributed by atoms with van der Waals surface area (Å²) in [6, 6.07) is 22.6. The number of fused-ring (bicyclic) bond motifs is 1. The first-order chi connectivity index (χ1) is 16.1. The largest absolute Gasteiger partial charge is 0.486 e. The van der Waals surface area contributed by atoms with Crippen molar-refractivity contribution < 1.29 is 19.1 Å². The van der Waals surface area contributed by atoms with E-state index >= 15 is 0 Å². The number of ether oxygens (including phenoxy) is 2. The van der Waals surface area contributed by atoms with Gasteiger partial charge in [0.1, 0.15) is 13.2 Å². The predicted molar refractivity (Wildman–Crippen MR) is 131 cm³/mol. The first-order valence-corrected chi connectivity index (χ1v) is 11.8. The maximum Gasteiger partial charge on any atom is 0.237 e. The van der Waals surface area contributed by atoms with Crippen molar-refractivity contribution in [3.63, 3.8) is 0 Å². The summed E-state index contributed by atoms with van der Waals surface area (Å²) >= 11 is 1.47. The second kappa shape index (κ2) is 10.9. The van der Waals surface area contributed by atoms with Crippen LogP contribution in [-0.4, -0.2) is 30.3 Å². The molecule has 0 spiro atoms. The summed E-state index contributed by atoms with van der Waals surface area (Å²) in [7, 11) is 0. The fourth-order valence-corrected chi connectivity index (χ4v) is 4.48. The van der Waals surface area contributed by atoms with E-state index in [0.717, 1.165) is 10.5 Å². The number of amides is 2. The molecule has 1 aliphatic heterocycles. The van der Waals surface area contributed by atoms with Gasteiger partial charge in [0.15, 0.2) is 11.5 Å². The Hall–Kier alpha value is -3.45. The standard InChI is InChI=1S/C26H26N2O4S/c1-2-24(26(30)28-20-11-12-22-23(17-20)32-14-13-31-22)33-21-10-6-9-19(16-21)27-25(29)15-18-7-4-3-5-8-18/h3-12,16-17,24H,2,13-15H2,1H3,(H,27,29)(H,28,30). The number of hydrogen-bond donors (Lipinski definition) is 2. The Labute approximate surface area is 197 Å². The highest BCUT2D eigenvalue weighted by atomic mass is 32.2. The van der Waals surface area contributed by atoms with E-state index in [1.807, 2.05) is 67.6 Å². The van der Waals surface area contributed by atoms with Gasteiger partial charge in [0.05, 0.1) is 11.7 Å². The summed E-state index contributed by atoms with van der Waals surface area (Å²) in [6.45, 7) is 3.00. The van der Waals surface area contributed by atoms with Crippen molar-refractivity contribution in [3.8, 4) is 11.5 Å². The van der Waals surface area contributed by atoms with Gasteiger partial charge in [-0.2, -0.15) is 0 Å². The van der Waals surface area contributed by atoms with E-state index in [2.05, 4.69) is 10.6 Å². The molecular formula is C26H26N2O4S. The van der Waals surface area contributed by atoms with Gasteiger partial charge in [-0.25, -0.2) is 0 Å². The summed E-state index contributed by atoms with van der Waals surface area (Å²) in [5, 5.41) is 5.63. The van der Waals surface area contributed by atoms with Crippen molar-refractivity contribution in [1.29, 1.82) is 0 Å². The van der Waals surface area contributed by atoms with Gasteiger partial charge >= 0.3 is 0 Å². The Morgan fingerprint density at radius 3 is 2.42 bits per heavy atom. The molecule has 7 heteroatoms. The predicted octanol–water partition coefficient (Wildman–Crippen LogP) is 5.15. The molecule has 3 aromatic carbocycles. The van der Waals surface area contributed by atoms with Gasteiger partial charge in [-0.05, 0) is 42.3 Å². The van der Waals surface area contributed by atoms with Crippen LogP contribution in [0.4, 0.5) is 11.4 Å². The maximum atomic E-state index is 12.9. The molecule has 0 bridgehead atoms. The summed E-state index contributed by atoms with van der Waals surface area (Å²) in [4.78, 5) is 26.2. The molecule has 33 heavy (non-hydrogen) atoms. The monoisotopic (exact) mass is 462 g/mol. The molecule has 6 nitrogen and oxygen atoms in total. The zero-order valence-electron chi connectivity index (χ0n) is 18.4. The number of nitrogens with one attached hydrogen (secondary N) is 2. The van der Waals surface area contributed by atoms with Gasteiger partial charge in [-0.1, -0.05) is 43.3 Å². The Morgan fingerprint density at radius 2 is 1.64 bits per heavy atom. The first-order valence-electron chi connectivity index (χ1n) is 10.9. The molecule has 1 unspecified atom stereocenters. The van der Waals surface area contributed by atoms with Crippen molar-refractivity contribution in [2.45, 2.75) is 29.9 Å². The van der Waals surface area contributed by atoms with Gasteiger partial charge < -0.3 is 20.1 Å². The minimum atomic E-state index is -0.284. The van der Waals surface area contributed by atoms with E-state index in [4.69, 9.17) is 9.47 Å². The van der Waals surface area contributed by atoms with Crippen LogP contribution in [0.25, 0.3) is 0 Å². The number of benzene rings is 3. The quantitative estimate of drug-likeness (QED) is 0.453. The lowest BCUT2D eigenvalue weighted by molar-refractivity contribution is -0.116. The highest BCUT2D eigenvalue weighted by Gasteiger charge is 2.20. The minimum Gasteiger partial charge on any atom is -0.486 e. The Kier molecular flexibility index (Phi) is 7.52. The van der Waals surface area contributed by atoms with Gasteiger partial charge in [0.25, 0.3) is 0 Å². The van der Waals surface area contributed by atoms with Crippen molar-refractivity contribution in [3.05, 3.63) is 78.4 Å². The smallest absolute Gasteiger partial charge is 0.237 e. The zero-order chi connectivity index (χ0) is 23.0. The van der Waals surface area contributed by atoms with Gasteiger partial charge in [0, 0.05) is 22.3 Å². The van der Waals surface area contributed by atoms with Crippen LogP contribution < -0.4 is 20.1 Å². The maximum absolute atomic E-state index is 12.9. The molecule has 170 valence electrons. The van der Waals surface area contributed by atoms with E-state index in [-0.39, 0.29) is 17.1 Å². The summed E-state index contributed by atoms with van der Waals surface area (Å²) in [6.07, 6.45) is 0.972. The molecule has 0 aromatic heterocycles. The van der Waals surface area contributed by atoms with E-state index < -0.39 is 0 Å². The third kappa shape index (κ3) is 6.29. The molecule has 0 aliphatic carbocycles. The molecule has 2 amide bonds. The average Bonchev–Trinajstić information content (AvgIpc) is 2.83. The number of anilines is 2. The molecule has 0 radical (unpaired) electrons. The Bertz CT molecular complexity index is 1120. The normalized spacial score (nSPS) is 13.1. The van der Waals surface area contributed by atoms with Crippen LogP contribution in [-0.2, 0) is 16.0 Å². The number of carbonyl (C=O) groups is 2. The molecule has 0 saturated carbocycles. The fraction of sp³-hybridized carbons (Fsp3) is 0.231. The number of hydrogen-bond acceptors (Lipinski definition) is 5. The summed E-state index contributed by atoms with van der Waals surface area (Å²) in [5.74, 6) is 1.16. The first kappa shape index (κ1) is 22.7. The molecule has 0 saturated heterocycles. The van der Waals surface area contributed by atoms with E-state index in [1.54, 1.807) is 12.1 Å². The Balaban J connectivity index is 1.36. The Morgan fingerprint density at radius 1 is 0.879 bits per heavy atom. The molecule has 1 aliphatic rings. The van der Waals surface area contributed by atoms with E-state index in [9.17, 15) is 9.59 Å². The topological polar surface area (TPSA) is 76.7 Å². The van der Waals surface area contributed by atoms with E-state index in [1.165, 1.54) is 11.8 Å².